The molecule has 5 nitrogen and oxygen atoms in total. The second-order valence-electron chi connectivity index (χ2n) is 3.45. The van der Waals surface area contributed by atoms with Gasteiger partial charge in [-0.05, 0) is 36.0 Å². The molecule has 0 radical (unpaired) electrons. The van der Waals surface area contributed by atoms with Crippen LogP contribution in [-0.4, -0.2) is 19.9 Å². The number of rotatable bonds is 2. The lowest BCUT2D eigenvalue weighted by atomic mass is 10.3. The van der Waals surface area contributed by atoms with Crippen LogP contribution in [0.15, 0.2) is 47.0 Å². The summed E-state index contributed by atoms with van der Waals surface area (Å²) in [6.45, 7) is 0. The average Bonchev–Trinajstić information content (AvgIpc) is 2.71. The Hall–Kier alpha value is -2.08. The van der Waals surface area contributed by atoms with Crippen LogP contribution < -0.4 is 5.73 Å². The van der Waals surface area contributed by atoms with E-state index in [1.807, 2.05) is 18.2 Å². The number of nitrogen functional groups attached to an aromatic ring is 1. The van der Waals surface area contributed by atoms with Gasteiger partial charge in [0, 0.05) is 18.1 Å². The van der Waals surface area contributed by atoms with Crippen LogP contribution in [0.2, 0.25) is 0 Å². The van der Waals surface area contributed by atoms with Gasteiger partial charge < -0.3 is 10.7 Å². The molecule has 0 saturated heterocycles. The van der Waals surface area contributed by atoms with Crippen LogP contribution in [0.4, 0.5) is 5.69 Å². The quantitative estimate of drug-likeness (QED) is 0.532. The van der Waals surface area contributed by atoms with Crippen molar-refractivity contribution < 1.29 is 0 Å². The lowest BCUT2D eigenvalue weighted by molar-refractivity contribution is 0.953. The third-order valence-electron chi connectivity index (χ3n) is 2.21. The molecule has 0 aliphatic heterocycles. The first kappa shape index (κ1) is 10.1. The highest BCUT2D eigenvalue weighted by molar-refractivity contribution is 7.99. The summed E-state index contributed by atoms with van der Waals surface area (Å²) in [5.41, 5.74) is 8.23. The molecule has 0 aliphatic rings. The van der Waals surface area contributed by atoms with Crippen molar-refractivity contribution in [1.29, 1.82) is 0 Å². The molecule has 0 fully saturated rings. The molecule has 6 heteroatoms. The van der Waals surface area contributed by atoms with Gasteiger partial charge in [-0.2, -0.15) is 0 Å². The predicted molar refractivity (Wildman–Crippen MR) is 66.7 cm³/mol. The lowest BCUT2D eigenvalue weighted by Crippen LogP contribution is -1.83. The molecule has 0 unspecified atom stereocenters. The number of nitrogens with one attached hydrogen (secondary N) is 1. The first-order valence-electron chi connectivity index (χ1n) is 5.01. The first-order chi connectivity index (χ1) is 8.31. The van der Waals surface area contributed by atoms with Gasteiger partial charge in [0.2, 0.25) is 0 Å². The average molecular weight is 243 g/mol. The normalized spacial score (nSPS) is 10.8. The number of aromatic amines is 1. The second-order valence-corrected chi connectivity index (χ2v) is 4.41. The fourth-order valence-electron chi connectivity index (χ4n) is 1.48. The number of anilines is 1. The summed E-state index contributed by atoms with van der Waals surface area (Å²) >= 11 is 1.39. The number of imidazole rings is 1. The number of benzene rings is 1. The minimum atomic E-state index is 0.666. The minimum Gasteiger partial charge on any atom is -0.399 e. The maximum Gasteiger partial charge on any atom is 0.195 e. The zero-order chi connectivity index (χ0) is 11.7. The summed E-state index contributed by atoms with van der Waals surface area (Å²) in [5.74, 6) is 0. The Balaban J connectivity index is 1.96. The van der Waals surface area contributed by atoms with Crippen LogP contribution in [0.5, 0.6) is 0 Å². The molecular formula is C11H9N5S. The van der Waals surface area contributed by atoms with E-state index in [0.29, 0.717) is 10.8 Å². The van der Waals surface area contributed by atoms with E-state index in [1.54, 1.807) is 18.5 Å². The van der Waals surface area contributed by atoms with Crippen molar-refractivity contribution in [1.82, 2.24) is 19.9 Å². The van der Waals surface area contributed by atoms with Crippen molar-refractivity contribution >= 4 is 28.5 Å². The van der Waals surface area contributed by atoms with Gasteiger partial charge in [-0.1, -0.05) is 0 Å². The summed E-state index contributed by atoms with van der Waals surface area (Å²) in [5, 5.41) is 1.43. The van der Waals surface area contributed by atoms with Gasteiger partial charge in [-0.25, -0.2) is 15.0 Å². The SMILES string of the molecule is Nc1ccc2nc(Sc3ncccn3)[nH]c2c1. The van der Waals surface area contributed by atoms with Gasteiger partial charge in [-0.3, -0.25) is 0 Å². The summed E-state index contributed by atoms with van der Waals surface area (Å²) < 4.78 is 0. The van der Waals surface area contributed by atoms with Gasteiger partial charge in [0.1, 0.15) is 0 Å². The number of nitrogens with two attached hydrogens (primary N) is 1. The monoisotopic (exact) mass is 243 g/mol. The molecule has 0 saturated carbocycles. The van der Waals surface area contributed by atoms with Crippen molar-refractivity contribution in [3.8, 4) is 0 Å². The molecule has 3 N–H and O–H groups in total. The van der Waals surface area contributed by atoms with Crippen LogP contribution in [-0.2, 0) is 0 Å². The highest BCUT2D eigenvalue weighted by atomic mass is 32.2. The third kappa shape index (κ3) is 2.07. The molecule has 3 rings (SSSR count). The van der Waals surface area contributed by atoms with Crippen molar-refractivity contribution in [3.05, 3.63) is 36.7 Å². The molecule has 1 aromatic carbocycles. The van der Waals surface area contributed by atoms with Gasteiger partial charge in [0.15, 0.2) is 10.3 Å². The Bertz CT molecular complexity index is 649. The summed E-state index contributed by atoms with van der Waals surface area (Å²) in [6, 6.07) is 7.36. The van der Waals surface area contributed by atoms with Crippen molar-refractivity contribution in [2.75, 3.05) is 5.73 Å². The smallest absolute Gasteiger partial charge is 0.195 e. The molecule has 0 spiro atoms. The van der Waals surface area contributed by atoms with E-state index in [2.05, 4.69) is 19.9 Å². The largest absolute Gasteiger partial charge is 0.399 e. The highest BCUT2D eigenvalue weighted by Gasteiger charge is 2.05. The number of aromatic nitrogens is 4. The molecule has 0 aliphatic carbocycles. The molecule has 17 heavy (non-hydrogen) atoms. The van der Waals surface area contributed by atoms with E-state index in [0.717, 1.165) is 16.2 Å². The molecule has 0 atom stereocenters. The number of H-pyrrole nitrogens is 1. The van der Waals surface area contributed by atoms with E-state index in [-0.39, 0.29) is 0 Å². The Morgan fingerprint density at radius 2 is 2.00 bits per heavy atom. The van der Waals surface area contributed by atoms with Crippen molar-refractivity contribution in [2.45, 2.75) is 10.3 Å². The third-order valence-corrected chi connectivity index (χ3v) is 2.99. The zero-order valence-corrected chi connectivity index (χ0v) is 9.61. The topological polar surface area (TPSA) is 80.5 Å². The fourth-order valence-corrected chi connectivity index (χ4v) is 2.18. The van der Waals surface area contributed by atoms with Crippen molar-refractivity contribution in [2.24, 2.45) is 0 Å². The Morgan fingerprint density at radius 3 is 2.82 bits per heavy atom. The number of hydrogen-bond acceptors (Lipinski definition) is 5. The van der Waals surface area contributed by atoms with Gasteiger partial charge >= 0.3 is 0 Å². The lowest BCUT2D eigenvalue weighted by Gasteiger charge is -1.93. The number of nitrogens with zero attached hydrogens (tertiary/aromatic N) is 3. The minimum absolute atomic E-state index is 0.666. The van der Waals surface area contributed by atoms with Crippen LogP contribution in [0.25, 0.3) is 11.0 Å². The molecular weight excluding hydrogens is 234 g/mol. The van der Waals surface area contributed by atoms with Crippen LogP contribution >= 0.6 is 11.8 Å². The molecule has 84 valence electrons. The predicted octanol–water partition coefficient (Wildman–Crippen LogP) is 2.09. The van der Waals surface area contributed by atoms with Crippen LogP contribution in [0, 0.1) is 0 Å². The Morgan fingerprint density at radius 1 is 1.18 bits per heavy atom. The van der Waals surface area contributed by atoms with E-state index >= 15 is 0 Å². The van der Waals surface area contributed by atoms with Gasteiger partial charge in [0.05, 0.1) is 11.0 Å². The molecule has 0 bridgehead atoms. The van der Waals surface area contributed by atoms with Crippen LogP contribution in [0.3, 0.4) is 0 Å². The summed E-state index contributed by atoms with van der Waals surface area (Å²) in [6.07, 6.45) is 3.41. The fraction of sp³-hybridized carbons (Fsp3) is 0. The Kier molecular flexibility index (Phi) is 2.41. The van der Waals surface area contributed by atoms with E-state index < -0.39 is 0 Å². The van der Waals surface area contributed by atoms with E-state index in [1.165, 1.54) is 11.8 Å². The maximum atomic E-state index is 5.71. The van der Waals surface area contributed by atoms with Crippen LogP contribution in [0.1, 0.15) is 0 Å². The van der Waals surface area contributed by atoms with E-state index in [9.17, 15) is 0 Å². The standard InChI is InChI=1S/C11H9N5S/c12-7-2-3-8-9(6-7)16-11(15-8)17-10-13-4-1-5-14-10/h1-6H,12H2,(H,15,16). The van der Waals surface area contributed by atoms with Crippen molar-refractivity contribution in [3.63, 3.8) is 0 Å². The molecule has 0 amide bonds. The number of hydrogen-bond donors (Lipinski definition) is 2. The molecule has 2 heterocycles. The zero-order valence-electron chi connectivity index (χ0n) is 8.79. The second kappa shape index (κ2) is 4.06. The Labute approximate surface area is 102 Å². The molecule has 3 aromatic rings. The molecule has 2 aromatic heterocycles. The first-order valence-corrected chi connectivity index (χ1v) is 5.83. The highest BCUT2D eigenvalue weighted by Crippen LogP contribution is 2.24. The summed E-state index contributed by atoms with van der Waals surface area (Å²) in [4.78, 5) is 15.9. The van der Waals surface area contributed by atoms with Gasteiger partial charge in [0.25, 0.3) is 0 Å². The maximum absolute atomic E-state index is 5.71. The number of fused-ring (bicyclic) bond motifs is 1. The van der Waals surface area contributed by atoms with Gasteiger partial charge in [-0.15, -0.1) is 0 Å². The van der Waals surface area contributed by atoms with E-state index in [4.69, 9.17) is 5.73 Å². The summed E-state index contributed by atoms with van der Waals surface area (Å²) in [7, 11) is 0.